The summed E-state index contributed by atoms with van der Waals surface area (Å²) in [4.78, 5) is 11.6. The fourth-order valence-electron chi connectivity index (χ4n) is 2.51. The Balaban J connectivity index is 2.13. The molecular weight excluding hydrogens is 248 g/mol. The van der Waals surface area contributed by atoms with Gasteiger partial charge in [0.25, 0.3) is 0 Å². The van der Waals surface area contributed by atoms with Crippen molar-refractivity contribution in [2.45, 2.75) is 5.92 Å². The van der Waals surface area contributed by atoms with Crippen LogP contribution in [0.5, 0.6) is 0 Å². The molecule has 2 nitrogen and oxygen atoms in total. The molecular formula is C18H14O2. The molecule has 0 saturated carbocycles. The maximum absolute atomic E-state index is 11.6. The number of carboxylic acids is 1. The molecule has 0 aliphatic carbocycles. The molecule has 2 heteroatoms. The van der Waals surface area contributed by atoms with E-state index in [4.69, 9.17) is 0 Å². The van der Waals surface area contributed by atoms with Gasteiger partial charge in [-0.1, -0.05) is 66.7 Å². The van der Waals surface area contributed by atoms with Crippen molar-refractivity contribution in [3.05, 3.63) is 83.9 Å². The first kappa shape index (κ1) is 12.4. The lowest BCUT2D eigenvalue weighted by atomic mass is 9.90. The molecule has 20 heavy (non-hydrogen) atoms. The van der Waals surface area contributed by atoms with Gasteiger partial charge in [0, 0.05) is 0 Å². The minimum Gasteiger partial charge on any atom is -0.481 e. The van der Waals surface area contributed by atoms with Crippen LogP contribution in [-0.4, -0.2) is 11.1 Å². The van der Waals surface area contributed by atoms with Gasteiger partial charge in [-0.15, -0.1) is 0 Å². The number of carbonyl (C=O) groups is 1. The van der Waals surface area contributed by atoms with Gasteiger partial charge in [0.1, 0.15) is 5.92 Å². The molecule has 1 N–H and O–H groups in total. The first-order chi connectivity index (χ1) is 9.75. The Bertz CT molecular complexity index is 747. The average Bonchev–Trinajstić information content (AvgIpc) is 2.48. The highest BCUT2D eigenvalue weighted by Crippen LogP contribution is 2.27. The van der Waals surface area contributed by atoms with Crippen molar-refractivity contribution >= 4 is 16.7 Å². The summed E-state index contributed by atoms with van der Waals surface area (Å²) in [5.41, 5.74) is 1.61. The van der Waals surface area contributed by atoms with Crippen molar-refractivity contribution in [3.63, 3.8) is 0 Å². The minimum absolute atomic E-state index is 0.624. The SMILES string of the molecule is O=C(O)C(c1ccccc1)c1ccc2ccccc2c1. The Hall–Kier alpha value is -2.61. The average molecular weight is 262 g/mol. The summed E-state index contributed by atoms with van der Waals surface area (Å²) in [6, 6.07) is 23.1. The van der Waals surface area contributed by atoms with Crippen molar-refractivity contribution in [3.8, 4) is 0 Å². The third kappa shape index (κ3) is 2.28. The van der Waals surface area contributed by atoms with Gasteiger partial charge in [0.05, 0.1) is 0 Å². The molecule has 1 atom stereocenters. The van der Waals surface area contributed by atoms with Gasteiger partial charge in [0.2, 0.25) is 0 Å². The van der Waals surface area contributed by atoms with Gasteiger partial charge in [-0.3, -0.25) is 4.79 Å². The number of carboxylic acid groups (broad SMARTS) is 1. The second-order valence-corrected chi connectivity index (χ2v) is 4.79. The van der Waals surface area contributed by atoms with Crippen LogP contribution in [-0.2, 0) is 4.79 Å². The van der Waals surface area contributed by atoms with Crippen LogP contribution < -0.4 is 0 Å². The second kappa shape index (κ2) is 5.17. The molecule has 0 bridgehead atoms. The molecule has 0 fully saturated rings. The Labute approximate surface area is 117 Å². The summed E-state index contributed by atoms with van der Waals surface area (Å²) in [7, 11) is 0. The summed E-state index contributed by atoms with van der Waals surface area (Å²) >= 11 is 0. The zero-order valence-electron chi connectivity index (χ0n) is 10.9. The normalized spacial score (nSPS) is 12.2. The van der Waals surface area contributed by atoms with Crippen molar-refractivity contribution in [1.29, 1.82) is 0 Å². The molecule has 0 aliphatic rings. The van der Waals surface area contributed by atoms with Crippen LogP contribution in [0.2, 0.25) is 0 Å². The summed E-state index contributed by atoms with van der Waals surface area (Å²) in [6.45, 7) is 0. The molecule has 3 aromatic carbocycles. The van der Waals surface area contributed by atoms with Crippen LogP contribution >= 0.6 is 0 Å². The Kier molecular flexibility index (Phi) is 3.21. The highest BCUT2D eigenvalue weighted by Gasteiger charge is 2.21. The van der Waals surface area contributed by atoms with E-state index in [1.807, 2.05) is 72.8 Å². The van der Waals surface area contributed by atoms with E-state index in [-0.39, 0.29) is 0 Å². The van der Waals surface area contributed by atoms with Crippen molar-refractivity contribution < 1.29 is 9.90 Å². The van der Waals surface area contributed by atoms with E-state index in [1.54, 1.807) is 0 Å². The molecule has 1 unspecified atom stereocenters. The van der Waals surface area contributed by atoms with E-state index in [9.17, 15) is 9.90 Å². The van der Waals surface area contributed by atoms with Crippen molar-refractivity contribution in [1.82, 2.24) is 0 Å². The quantitative estimate of drug-likeness (QED) is 0.773. The van der Waals surface area contributed by atoms with Gasteiger partial charge >= 0.3 is 5.97 Å². The fourth-order valence-corrected chi connectivity index (χ4v) is 2.51. The summed E-state index contributed by atoms with van der Waals surface area (Å²) in [5.74, 6) is -1.45. The largest absolute Gasteiger partial charge is 0.481 e. The van der Waals surface area contributed by atoms with Crippen LogP contribution in [0.3, 0.4) is 0 Å². The molecule has 3 aromatic rings. The van der Waals surface area contributed by atoms with Gasteiger partial charge in [-0.05, 0) is 28.0 Å². The Morgan fingerprint density at radius 3 is 2.10 bits per heavy atom. The molecule has 0 amide bonds. The lowest BCUT2D eigenvalue weighted by molar-refractivity contribution is -0.137. The number of aliphatic carboxylic acids is 1. The topological polar surface area (TPSA) is 37.3 Å². The highest BCUT2D eigenvalue weighted by atomic mass is 16.4. The second-order valence-electron chi connectivity index (χ2n) is 4.79. The molecule has 0 heterocycles. The van der Waals surface area contributed by atoms with Crippen LogP contribution in [0.15, 0.2) is 72.8 Å². The first-order valence-electron chi connectivity index (χ1n) is 6.52. The lowest BCUT2D eigenvalue weighted by Gasteiger charge is -2.14. The zero-order chi connectivity index (χ0) is 13.9. The highest BCUT2D eigenvalue weighted by molar-refractivity contribution is 5.86. The lowest BCUT2D eigenvalue weighted by Crippen LogP contribution is -2.12. The summed E-state index contributed by atoms with van der Waals surface area (Å²) in [5, 5.41) is 11.7. The maximum atomic E-state index is 11.6. The maximum Gasteiger partial charge on any atom is 0.315 e. The molecule has 0 aliphatic heterocycles. The van der Waals surface area contributed by atoms with Gasteiger partial charge in [-0.2, -0.15) is 0 Å². The number of rotatable bonds is 3. The van der Waals surface area contributed by atoms with E-state index < -0.39 is 11.9 Å². The van der Waals surface area contributed by atoms with Gasteiger partial charge < -0.3 is 5.11 Å². The van der Waals surface area contributed by atoms with E-state index in [1.165, 1.54) is 0 Å². The molecule has 0 radical (unpaired) electrons. The zero-order valence-corrected chi connectivity index (χ0v) is 10.9. The Morgan fingerprint density at radius 1 is 0.750 bits per heavy atom. The predicted octanol–water partition coefficient (Wildman–Crippen LogP) is 4.06. The summed E-state index contributed by atoms with van der Waals surface area (Å²) < 4.78 is 0. The standard InChI is InChI=1S/C18H14O2/c19-18(20)17(14-7-2-1-3-8-14)16-11-10-13-6-4-5-9-15(13)12-16/h1-12,17H,(H,19,20). The van der Waals surface area contributed by atoms with Crippen LogP contribution in [0.25, 0.3) is 10.8 Å². The van der Waals surface area contributed by atoms with E-state index in [0.717, 1.165) is 21.9 Å². The van der Waals surface area contributed by atoms with Crippen molar-refractivity contribution in [2.75, 3.05) is 0 Å². The molecule has 0 saturated heterocycles. The fraction of sp³-hybridized carbons (Fsp3) is 0.0556. The monoisotopic (exact) mass is 262 g/mol. The van der Waals surface area contributed by atoms with Crippen LogP contribution in [0.4, 0.5) is 0 Å². The smallest absolute Gasteiger partial charge is 0.315 e. The summed E-state index contributed by atoms with van der Waals surface area (Å²) in [6.07, 6.45) is 0. The molecule has 0 spiro atoms. The number of fused-ring (bicyclic) bond motifs is 1. The van der Waals surface area contributed by atoms with E-state index in [0.29, 0.717) is 0 Å². The van der Waals surface area contributed by atoms with Crippen molar-refractivity contribution in [2.24, 2.45) is 0 Å². The van der Waals surface area contributed by atoms with E-state index in [2.05, 4.69) is 0 Å². The Morgan fingerprint density at radius 2 is 1.40 bits per heavy atom. The third-order valence-electron chi connectivity index (χ3n) is 3.49. The van der Waals surface area contributed by atoms with Crippen LogP contribution in [0.1, 0.15) is 17.0 Å². The first-order valence-corrected chi connectivity index (χ1v) is 6.52. The van der Waals surface area contributed by atoms with E-state index >= 15 is 0 Å². The number of hydrogen-bond donors (Lipinski definition) is 1. The number of hydrogen-bond acceptors (Lipinski definition) is 1. The predicted molar refractivity (Wildman–Crippen MR) is 79.9 cm³/mol. The molecule has 0 aromatic heterocycles. The van der Waals surface area contributed by atoms with Gasteiger partial charge in [0.15, 0.2) is 0 Å². The third-order valence-corrected chi connectivity index (χ3v) is 3.49. The van der Waals surface area contributed by atoms with Gasteiger partial charge in [-0.25, -0.2) is 0 Å². The van der Waals surface area contributed by atoms with Crippen LogP contribution in [0, 0.1) is 0 Å². The number of benzene rings is 3. The molecule has 3 rings (SSSR count). The molecule has 98 valence electrons. The minimum atomic E-state index is -0.827.